The maximum Gasteiger partial charge on any atom is 0.338 e. The second kappa shape index (κ2) is 16.3. The highest BCUT2D eigenvalue weighted by molar-refractivity contribution is 6.01. The van der Waals surface area contributed by atoms with Crippen LogP contribution in [0.2, 0.25) is 0 Å². The van der Waals surface area contributed by atoms with Gasteiger partial charge in [0.1, 0.15) is 13.4 Å². The van der Waals surface area contributed by atoms with Gasteiger partial charge in [-0.3, -0.25) is 0 Å². The minimum atomic E-state index is -0.328. The fourth-order valence-electron chi connectivity index (χ4n) is 4.39. The number of rotatable bonds is 18. The van der Waals surface area contributed by atoms with Gasteiger partial charge < -0.3 is 14.2 Å². The number of hydrogen-bond acceptors (Lipinski definition) is 4. The van der Waals surface area contributed by atoms with Crippen LogP contribution in [0.4, 0.5) is 0 Å². The zero-order valence-electron chi connectivity index (χ0n) is 21.4. The fraction of sp³-hybridized carbons (Fsp3) is 0.516. The Kier molecular flexibility index (Phi) is 12.6. The Balaban J connectivity index is 1.18. The first-order valence-corrected chi connectivity index (χ1v) is 13.5. The first-order chi connectivity index (χ1) is 17.3. The molecule has 3 rings (SSSR count). The molecule has 4 nitrogen and oxygen atoms in total. The van der Waals surface area contributed by atoms with Crippen molar-refractivity contribution in [2.24, 2.45) is 0 Å². The molecule has 0 saturated carbocycles. The van der Waals surface area contributed by atoms with E-state index in [1.807, 2.05) is 30.3 Å². The quantitative estimate of drug-likeness (QED) is 0.0796. The van der Waals surface area contributed by atoms with Gasteiger partial charge in [-0.1, -0.05) is 101 Å². The van der Waals surface area contributed by atoms with Crippen LogP contribution in [0.3, 0.4) is 0 Å². The monoisotopic (exact) mass is 478 g/mol. The Morgan fingerprint density at radius 1 is 0.600 bits per heavy atom. The number of carbonyl (C=O) groups is 1. The molecule has 0 aliphatic rings. The molecule has 0 amide bonds. The van der Waals surface area contributed by atoms with Crippen LogP contribution in [0.1, 0.15) is 87.9 Å². The van der Waals surface area contributed by atoms with Crippen LogP contribution >= 0.6 is 0 Å². The van der Waals surface area contributed by atoms with Crippen molar-refractivity contribution >= 4 is 27.5 Å². The van der Waals surface area contributed by atoms with Crippen molar-refractivity contribution in [2.45, 2.75) is 77.6 Å². The van der Waals surface area contributed by atoms with Crippen LogP contribution in [0.25, 0.3) is 21.5 Å². The Morgan fingerprint density at radius 3 is 1.86 bits per heavy atom. The lowest BCUT2D eigenvalue weighted by Gasteiger charge is -2.08. The van der Waals surface area contributed by atoms with Gasteiger partial charge in [-0.25, -0.2) is 4.79 Å². The van der Waals surface area contributed by atoms with Gasteiger partial charge in [0.25, 0.3) is 0 Å². The van der Waals surface area contributed by atoms with Crippen LogP contribution in [0, 0.1) is 0 Å². The Labute approximate surface area is 211 Å². The molecule has 0 saturated heterocycles. The number of carbonyl (C=O) groups excluding carboxylic acids is 1. The van der Waals surface area contributed by atoms with Crippen LogP contribution in [-0.2, 0) is 14.2 Å². The smallest absolute Gasteiger partial charge is 0.338 e. The molecule has 4 heteroatoms. The van der Waals surface area contributed by atoms with Gasteiger partial charge in [0, 0.05) is 6.61 Å². The molecule has 0 bridgehead atoms. The summed E-state index contributed by atoms with van der Waals surface area (Å²) in [5.74, 6) is -0.328. The lowest BCUT2D eigenvalue weighted by atomic mass is 10.0. The standard InChI is InChI=1S/C31H42O4/c1-2-3-4-5-6-7-8-9-10-11-14-19-33-25-34-20-21-35-31(32)29-18-17-28-22-26-15-12-13-16-27(26)23-30(28)24-29/h12-13,15-18,22-24H,2-11,14,19-21,25H2,1H3. The summed E-state index contributed by atoms with van der Waals surface area (Å²) in [6.07, 6.45) is 14.6. The molecule has 0 aliphatic heterocycles. The number of benzene rings is 3. The molecule has 3 aromatic carbocycles. The van der Waals surface area contributed by atoms with E-state index in [0.717, 1.165) is 29.2 Å². The van der Waals surface area contributed by atoms with Crippen molar-refractivity contribution in [1.29, 1.82) is 0 Å². The van der Waals surface area contributed by atoms with Gasteiger partial charge >= 0.3 is 5.97 Å². The van der Waals surface area contributed by atoms with Gasteiger partial charge in [0.15, 0.2) is 0 Å². The van der Waals surface area contributed by atoms with E-state index < -0.39 is 0 Å². The molecule has 0 aromatic heterocycles. The minimum absolute atomic E-state index is 0.219. The molecular formula is C31H42O4. The predicted octanol–water partition coefficient (Wildman–Crippen LogP) is 8.45. The molecule has 190 valence electrons. The maximum atomic E-state index is 12.4. The van der Waals surface area contributed by atoms with Gasteiger partial charge in [-0.05, 0) is 52.2 Å². The summed E-state index contributed by atoms with van der Waals surface area (Å²) in [4.78, 5) is 12.4. The van der Waals surface area contributed by atoms with Gasteiger partial charge in [-0.2, -0.15) is 0 Å². The summed E-state index contributed by atoms with van der Waals surface area (Å²) in [7, 11) is 0. The zero-order valence-corrected chi connectivity index (χ0v) is 21.4. The highest BCUT2D eigenvalue weighted by Crippen LogP contribution is 2.24. The lowest BCUT2D eigenvalue weighted by Crippen LogP contribution is -2.12. The fourth-order valence-corrected chi connectivity index (χ4v) is 4.39. The summed E-state index contributed by atoms with van der Waals surface area (Å²) >= 11 is 0. The van der Waals surface area contributed by atoms with Crippen LogP contribution in [0.15, 0.2) is 54.6 Å². The number of esters is 1. The Morgan fingerprint density at radius 2 is 1.17 bits per heavy atom. The summed E-state index contributed by atoms with van der Waals surface area (Å²) in [5.41, 5.74) is 0.556. The van der Waals surface area contributed by atoms with Crippen molar-refractivity contribution in [1.82, 2.24) is 0 Å². The Hall–Kier alpha value is -2.43. The number of ether oxygens (including phenoxy) is 3. The molecule has 0 heterocycles. The molecule has 0 aliphatic carbocycles. The highest BCUT2D eigenvalue weighted by Gasteiger charge is 2.08. The van der Waals surface area contributed by atoms with Crippen molar-refractivity contribution in [3.63, 3.8) is 0 Å². The first kappa shape index (κ1) is 27.2. The average Bonchev–Trinajstić information content (AvgIpc) is 2.88. The first-order valence-electron chi connectivity index (χ1n) is 13.5. The normalized spacial score (nSPS) is 11.3. The van der Waals surface area contributed by atoms with E-state index in [2.05, 4.69) is 31.2 Å². The van der Waals surface area contributed by atoms with E-state index in [4.69, 9.17) is 14.2 Å². The topological polar surface area (TPSA) is 44.8 Å². The third kappa shape index (κ3) is 9.99. The summed E-state index contributed by atoms with van der Waals surface area (Å²) < 4.78 is 16.3. The number of unbranched alkanes of at least 4 members (excludes halogenated alkanes) is 10. The van der Waals surface area contributed by atoms with E-state index in [9.17, 15) is 4.79 Å². The highest BCUT2D eigenvalue weighted by atomic mass is 16.7. The van der Waals surface area contributed by atoms with Crippen LogP contribution in [0.5, 0.6) is 0 Å². The molecule has 0 radical (unpaired) electrons. The van der Waals surface area contributed by atoms with Crippen LogP contribution < -0.4 is 0 Å². The molecular weight excluding hydrogens is 436 g/mol. The molecule has 0 spiro atoms. The zero-order chi connectivity index (χ0) is 24.6. The maximum absolute atomic E-state index is 12.4. The number of hydrogen-bond donors (Lipinski definition) is 0. The summed E-state index contributed by atoms with van der Waals surface area (Å²) in [6, 6.07) is 18.2. The van der Waals surface area contributed by atoms with Gasteiger partial charge in [0.05, 0.1) is 12.2 Å². The van der Waals surface area contributed by atoms with Crippen molar-refractivity contribution in [2.75, 3.05) is 26.6 Å². The number of fused-ring (bicyclic) bond motifs is 2. The minimum Gasteiger partial charge on any atom is -0.460 e. The average molecular weight is 479 g/mol. The van der Waals surface area contributed by atoms with Gasteiger partial charge in [-0.15, -0.1) is 0 Å². The van der Waals surface area contributed by atoms with Crippen molar-refractivity contribution in [3.05, 3.63) is 60.2 Å². The molecule has 0 N–H and O–H groups in total. The Bertz CT molecular complexity index is 1010. The van der Waals surface area contributed by atoms with E-state index in [1.54, 1.807) is 0 Å². The molecule has 0 unspecified atom stereocenters. The van der Waals surface area contributed by atoms with E-state index >= 15 is 0 Å². The van der Waals surface area contributed by atoms with Crippen molar-refractivity contribution < 1.29 is 19.0 Å². The van der Waals surface area contributed by atoms with Crippen LogP contribution in [-0.4, -0.2) is 32.6 Å². The van der Waals surface area contributed by atoms with Gasteiger partial charge in [0.2, 0.25) is 0 Å². The SMILES string of the molecule is CCCCCCCCCCCCCOCOCCOC(=O)c1ccc2cc3ccccc3cc2c1. The van der Waals surface area contributed by atoms with Crippen molar-refractivity contribution in [3.8, 4) is 0 Å². The largest absolute Gasteiger partial charge is 0.460 e. The van der Waals surface area contributed by atoms with E-state index in [-0.39, 0.29) is 19.4 Å². The second-order valence-corrected chi connectivity index (χ2v) is 9.37. The lowest BCUT2D eigenvalue weighted by molar-refractivity contribution is -0.0655. The molecule has 35 heavy (non-hydrogen) atoms. The second-order valence-electron chi connectivity index (χ2n) is 9.37. The van der Waals surface area contributed by atoms with E-state index in [0.29, 0.717) is 12.2 Å². The third-order valence-electron chi connectivity index (χ3n) is 6.46. The summed E-state index contributed by atoms with van der Waals surface area (Å²) in [5, 5.41) is 4.49. The predicted molar refractivity (Wildman–Crippen MR) is 145 cm³/mol. The van der Waals surface area contributed by atoms with E-state index in [1.165, 1.54) is 69.6 Å². The molecule has 0 atom stereocenters. The summed E-state index contributed by atoms with van der Waals surface area (Å²) in [6.45, 7) is 3.79. The third-order valence-corrected chi connectivity index (χ3v) is 6.46. The molecule has 0 fully saturated rings. The molecule has 3 aromatic rings.